The first-order valence-corrected chi connectivity index (χ1v) is 7.24. The van der Waals surface area contributed by atoms with Crippen LogP contribution in [0.4, 0.5) is 19.0 Å². The molecule has 1 fully saturated rings. The number of pyridine rings is 1. The highest BCUT2D eigenvalue weighted by Crippen LogP contribution is 2.34. The maximum atomic E-state index is 12.7. The van der Waals surface area contributed by atoms with Crippen LogP contribution < -0.4 is 4.90 Å². The predicted molar refractivity (Wildman–Crippen MR) is 76.2 cm³/mol. The Morgan fingerprint density at radius 1 is 1.20 bits per heavy atom. The minimum Gasteiger partial charge on any atom is -0.357 e. The van der Waals surface area contributed by atoms with Crippen molar-refractivity contribution in [1.29, 1.82) is 0 Å². The lowest BCUT2D eigenvalue weighted by Crippen LogP contribution is -2.33. The van der Waals surface area contributed by atoms with Gasteiger partial charge in [-0.25, -0.2) is 4.98 Å². The molecule has 0 atom stereocenters. The molecule has 1 aliphatic heterocycles. The molecule has 0 spiro atoms. The summed E-state index contributed by atoms with van der Waals surface area (Å²) in [5, 5.41) is -0.350. The van der Waals surface area contributed by atoms with Crippen LogP contribution in [0, 0.1) is 5.92 Å². The van der Waals surface area contributed by atoms with Crippen molar-refractivity contribution >= 4 is 17.4 Å². The maximum Gasteiger partial charge on any atom is 0.434 e. The van der Waals surface area contributed by atoms with E-state index < -0.39 is 11.9 Å². The standard InChI is InChI=1S/C12H14ClF3N2.C2H6/c1-8-4-6-18(7-5-8)10-3-2-9(13)11(17-10)12(14,15)16;1-2/h2-3,8H,4-7H2,1H3;1-2H3. The van der Waals surface area contributed by atoms with Gasteiger partial charge < -0.3 is 4.90 Å². The van der Waals surface area contributed by atoms with Gasteiger partial charge in [0.25, 0.3) is 0 Å². The van der Waals surface area contributed by atoms with E-state index in [2.05, 4.69) is 11.9 Å². The van der Waals surface area contributed by atoms with E-state index in [4.69, 9.17) is 11.6 Å². The van der Waals surface area contributed by atoms with Gasteiger partial charge in [-0.2, -0.15) is 13.2 Å². The Labute approximate surface area is 122 Å². The molecule has 1 saturated heterocycles. The van der Waals surface area contributed by atoms with Crippen molar-refractivity contribution in [2.24, 2.45) is 5.92 Å². The van der Waals surface area contributed by atoms with Crippen LogP contribution in [0.1, 0.15) is 39.3 Å². The minimum atomic E-state index is -4.50. The van der Waals surface area contributed by atoms with Crippen molar-refractivity contribution in [3.05, 3.63) is 22.8 Å². The molecule has 1 aromatic heterocycles. The first kappa shape index (κ1) is 17.1. The molecule has 0 radical (unpaired) electrons. The average Bonchev–Trinajstić information content (AvgIpc) is 2.41. The summed E-state index contributed by atoms with van der Waals surface area (Å²) in [6, 6.07) is 2.82. The molecule has 0 aliphatic carbocycles. The van der Waals surface area contributed by atoms with Crippen LogP contribution in [0.3, 0.4) is 0 Å². The molecule has 0 unspecified atom stereocenters. The summed E-state index contributed by atoms with van der Waals surface area (Å²) in [6.45, 7) is 7.63. The zero-order valence-electron chi connectivity index (χ0n) is 12.0. The van der Waals surface area contributed by atoms with Gasteiger partial charge in [-0.3, -0.25) is 0 Å². The van der Waals surface area contributed by atoms with E-state index in [0.717, 1.165) is 25.9 Å². The van der Waals surface area contributed by atoms with Crippen LogP contribution in [-0.2, 0) is 6.18 Å². The molecular weight excluding hydrogens is 289 g/mol. The topological polar surface area (TPSA) is 16.1 Å². The zero-order valence-corrected chi connectivity index (χ0v) is 12.7. The second-order valence-electron chi connectivity index (χ2n) is 4.67. The Bertz CT molecular complexity index is 427. The molecule has 0 bridgehead atoms. The minimum absolute atomic E-state index is 0.350. The number of halogens is 4. The van der Waals surface area contributed by atoms with Crippen molar-refractivity contribution in [2.75, 3.05) is 18.0 Å². The summed E-state index contributed by atoms with van der Waals surface area (Å²) in [4.78, 5) is 5.54. The zero-order chi connectivity index (χ0) is 15.3. The molecule has 20 heavy (non-hydrogen) atoms. The van der Waals surface area contributed by atoms with E-state index in [9.17, 15) is 13.2 Å². The number of alkyl halides is 3. The van der Waals surface area contributed by atoms with Crippen LogP contribution in [-0.4, -0.2) is 18.1 Å². The molecular formula is C14H20ClF3N2. The SMILES string of the molecule is CC.CC1CCN(c2ccc(Cl)c(C(F)(F)F)n2)CC1. The van der Waals surface area contributed by atoms with Crippen molar-refractivity contribution in [1.82, 2.24) is 4.98 Å². The molecule has 0 amide bonds. The van der Waals surface area contributed by atoms with E-state index in [0.29, 0.717) is 11.7 Å². The van der Waals surface area contributed by atoms with E-state index in [1.165, 1.54) is 6.07 Å². The Balaban J connectivity index is 0.000000956. The lowest BCUT2D eigenvalue weighted by molar-refractivity contribution is -0.141. The van der Waals surface area contributed by atoms with Crippen molar-refractivity contribution in [3.63, 3.8) is 0 Å². The molecule has 2 heterocycles. The third kappa shape index (κ3) is 4.27. The largest absolute Gasteiger partial charge is 0.434 e. The lowest BCUT2D eigenvalue weighted by atomic mass is 9.99. The third-order valence-corrected chi connectivity index (χ3v) is 3.51. The monoisotopic (exact) mass is 308 g/mol. The van der Waals surface area contributed by atoms with Gasteiger partial charge in [-0.15, -0.1) is 0 Å². The Kier molecular flexibility index (Phi) is 6.11. The van der Waals surface area contributed by atoms with Gasteiger partial charge in [0.05, 0.1) is 5.02 Å². The fourth-order valence-corrected chi connectivity index (χ4v) is 2.26. The summed E-state index contributed by atoms with van der Waals surface area (Å²) in [5.41, 5.74) is -1.000. The molecule has 114 valence electrons. The number of anilines is 1. The number of hydrogen-bond donors (Lipinski definition) is 0. The van der Waals surface area contributed by atoms with Crippen LogP contribution in [0.15, 0.2) is 12.1 Å². The van der Waals surface area contributed by atoms with Crippen LogP contribution in [0.2, 0.25) is 5.02 Å². The predicted octanol–water partition coefficient (Wildman–Crippen LogP) is 5.02. The Hall–Kier alpha value is -0.970. The van der Waals surface area contributed by atoms with Crippen LogP contribution in [0.25, 0.3) is 0 Å². The van der Waals surface area contributed by atoms with Gasteiger partial charge in [0.1, 0.15) is 5.82 Å². The van der Waals surface area contributed by atoms with Crippen LogP contribution >= 0.6 is 11.6 Å². The first-order chi connectivity index (χ1) is 9.38. The Morgan fingerprint density at radius 2 is 1.75 bits per heavy atom. The van der Waals surface area contributed by atoms with Crippen LogP contribution in [0.5, 0.6) is 0 Å². The summed E-state index contributed by atoms with van der Waals surface area (Å²) in [6.07, 6.45) is -2.55. The molecule has 2 nitrogen and oxygen atoms in total. The molecule has 2 rings (SSSR count). The fraction of sp³-hybridized carbons (Fsp3) is 0.643. The van der Waals surface area contributed by atoms with Gasteiger partial charge in [0.15, 0.2) is 5.69 Å². The number of aromatic nitrogens is 1. The normalized spacial score (nSPS) is 16.6. The number of nitrogens with zero attached hydrogens (tertiary/aromatic N) is 2. The van der Waals surface area contributed by atoms with Gasteiger partial charge in [0, 0.05) is 13.1 Å². The summed E-state index contributed by atoms with van der Waals surface area (Å²) in [7, 11) is 0. The summed E-state index contributed by atoms with van der Waals surface area (Å²) < 4.78 is 38.1. The molecule has 0 aromatic carbocycles. The first-order valence-electron chi connectivity index (χ1n) is 6.86. The van der Waals surface area contributed by atoms with E-state index in [1.807, 2.05) is 18.7 Å². The molecule has 1 aromatic rings. The summed E-state index contributed by atoms with van der Waals surface area (Å²) in [5.74, 6) is 0.981. The number of piperidine rings is 1. The quantitative estimate of drug-likeness (QED) is 0.724. The van der Waals surface area contributed by atoms with Gasteiger partial charge in [0.2, 0.25) is 0 Å². The van der Waals surface area contributed by atoms with E-state index in [-0.39, 0.29) is 5.02 Å². The van der Waals surface area contributed by atoms with Crippen molar-refractivity contribution in [2.45, 2.75) is 39.8 Å². The van der Waals surface area contributed by atoms with Gasteiger partial charge in [-0.1, -0.05) is 32.4 Å². The van der Waals surface area contributed by atoms with E-state index >= 15 is 0 Å². The lowest BCUT2D eigenvalue weighted by Gasteiger charge is -2.31. The second kappa shape index (κ2) is 7.16. The third-order valence-electron chi connectivity index (χ3n) is 3.21. The second-order valence-corrected chi connectivity index (χ2v) is 5.07. The summed E-state index contributed by atoms with van der Waals surface area (Å²) >= 11 is 5.54. The van der Waals surface area contributed by atoms with Crippen molar-refractivity contribution in [3.8, 4) is 0 Å². The highest BCUT2D eigenvalue weighted by atomic mass is 35.5. The smallest absolute Gasteiger partial charge is 0.357 e. The van der Waals surface area contributed by atoms with E-state index in [1.54, 1.807) is 6.07 Å². The fourth-order valence-electron chi connectivity index (χ4n) is 2.04. The van der Waals surface area contributed by atoms with Crippen molar-refractivity contribution < 1.29 is 13.2 Å². The Morgan fingerprint density at radius 3 is 2.25 bits per heavy atom. The van der Waals surface area contributed by atoms with Gasteiger partial charge in [-0.05, 0) is 30.9 Å². The highest BCUT2D eigenvalue weighted by Gasteiger charge is 2.36. The van der Waals surface area contributed by atoms with Gasteiger partial charge >= 0.3 is 6.18 Å². The molecule has 1 aliphatic rings. The average molecular weight is 309 g/mol. The molecule has 0 saturated carbocycles. The number of rotatable bonds is 1. The number of hydrogen-bond acceptors (Lipinski definition) is 2. The maximum absolute atomic E-state index is 12.7. The molecule has 6 heteroatoms. The highest BCUT2D eigenvalue weighted by molar-refractivity contribution is 6.31. The molecule has 0 N–H and O–H groups in total.